The molecule has 0 atom stereocenters. The van der Waals surface area contributed by atoms with Gasteiger partial charge in [0.05, 0.1) is 17.7 Å². The van der Waals surface area contributed by atoms with Crippen LogP contribution < -0.4 is 4.74 Å². The zero-order valence-electron chi connectivity index (χ0n) is 12.5. The summed E-state index contributed by atoms with van der Waals surface area (Å²) in [5.41, 5.74) is 3.04. The van der Waals surface area contributed by atoms with Crippen LogP contribution in [0.15, 0.2) is 33.3 Å². The van der Waals surface area contributed by atoms with Gasteiger partial charge in [0, 0.05) is 23.1 Å². The van der Waals surface area contributed by atoms with Gasteiger partial charge in [-0.3, -0.25) is 4.98 Å². The van der Waals surface area contributed by atoms with Crippen molar-refractivity contribution in [1.29, 1.82) is 0 Å². The number of rotatable bonds is 5. The Morgan fingerprint density at radius 2 is 2.18 bits per heavy atom. The number of nitrogens with zero attached hydrogens (tertiary/aromatic N) is 3. The van der Waals surface area contributed by atoms with Gasteiger partial charge in [-0.05, 0) is 25.3 Å². The molecule has 114 valence electrons. The van der Waals surface area contributed by atoms with E-state index in [1.165, 1.54) is 11.8 Å². The average molecular weight is 333 g/mol. The van der Waals surface area contributed by atoms with Gasteiger partial charge in [0.15, 0.2) is 0 Å². The molecular weight excluding hydrogens is 318 g/mol. The number of hydrogen-bond donors (Lipinski definition) is 0. The summed E-state index contributed by atoms with van der Waals surface area (Å²) in [6.07, 6.45) is 1.83. The molecule has 3 aromatic heterocycles. The van der Waals surface area contributed by atoms with Crippen LogP contribution >= 0.6 is 23.1 Å². The molecule has 3 heterocycles. The van der Waals surface area contributed by atoms with E-state index in [1.807, 2.05) is 37.6 Å². The van der Waals surface area contributed by atoms with Gasteiger partial charge in [0.25, 0.3) is 11.1 Å². The van der Waals surface area contributed by atoms with Crippen LogP contribution in [0.25, 0.3) is 10.8 Å². The molecule has 22 heavy (non-hydrogen) atoms. The van der Waals surface area contributed by atoms with E-state index in [0.717, 1.165) is 27.4 Å². The maximum absolute atomic E-state index is 5.66. The summed E-state index contributed by atoms with van der Waals surface area (Å²) in [5.74, 6) is 2.10. The van der Waals surface area contributed by atoms with Crippen molar-refractivity contribution in [2.75, 3.05) is 7.11 Å². The summed E-state index contributed by atoms with van der Waals surface area (Å²) >= 11 is 3.06. The summed E-state index contributed by atoms with van der Waals surface area (Å²) in [4.78, 5) is 5.45. The summed E-state index contributed by atoms with van der Waals surface area (Å²) in [7, 11) is 1.68. The van der Waals surface area contributed by atoms with Crippen LogP contribution in [-0.4, -0.2) is 22.3 Å². The predicted octanol–water partition coefficient (Wildman–Crippen LogP) is 4.11. The van der Waals surface area contributed by atoms with Crippen LogP contribution in [0.2, 0.25) is 0 Å². The molecule has 0 fully saturated rings. The van der Waals surface area contributed by atoms with Crippen molar-refractivity contribution < 1.29 is 9.15 Å². The minimum absolute atomic E-state index is 0.546. The third kappa shape index (κ3) is 3.00. The third-order valence-electron chi connectivity index (χ3n) is 3.22. The van der Waals surface area contributed by atoms with E-state index in [-0.39, 0.29) is 0 Å². The molecule has 0 aromatic carbocycles. The topological polar surface area (TPSA) is 61.0 Å². The molecule has 5 nitrogen and oxygen atoms in total. The molecule has 0 radical (unpaired) electrons. The molecular formula is C15H15N3O2S2. The Morgan fingerprint density at radius 3 is 2.91 bits per heavy atom. The van der Waals surface area contributed by atoms with Gasteiger partial charge in [0.2, 0.25) is 0 Å². The zero-order valence-corrected chi connectivity index (χ0v) is 14.1. The molecule has 0 bridgehead atoms. The summed E-state index contributed by atoms with van der Waals surface area (Å²) < 4.78 is 11.1. The fraction of sp³-hybridized carbons (Fsp3) is 0.267. The Hall–Kier alpha value is -1.86. The second kappa shape index (κ2) is 6.50. The Labute approximate surface area is 136 Å². The predicted molar refractivity (Wildman–Crippen MR) is 87.4 cm³/mol. The van der Waals surface area contributed by atoms with Crippen molar-refractivity contribution in [3.8, 4) is 16.5 Å². The second-order valence-corrected chi connectivity index (χ2v) is 6.56. The van der Waals surface area contributed by atoms with Crippen molar-refractivity contribution in [2.24, 2.45) is 0 Å². The first-order valence-corrected chi connectivity index (χ1v) is 8.55. The molecule has 0 aliphatic heterocycles. The molecule has 0 amide bonds. The summed E-state index contributed by atoms with van der Waals surface area (Å²) in [6.45, 7) is 4.00. The molecule has 0 aliphatic carbocycles. The van der Waals surface area contributed by atoms with Gasteiger partial charge in [0.1, 0.15) is 5.75 Å². The molecule has 7 heteroatoms. The fourth-order valence-corrected chi connectivity index (χ4v) is 3.55. The first kappa shape index (κ1) is 15.1. The van der Waals surface area contributed by atoms with E-state index in [0.29, 0.717) is 16.9 Å². The van der Waals surface area contributed by atoms with Crippen LogP contribution in [0.4, 0.5) is 0 Å². The SMILES string of the molecule is COc1c(C)cnc(CSc2nnc(-c3cccs3)o2)c1C. The molecule has 0 spiro atoms. The van der Waals surface area contributed by atoms with Gasteiger partial charge in [-0.1, -0.05) is 17.8 Å². The Balaban J connectivity index is 1.73. The minimum Gasteiger partial charge on any atom is -0.496 e. The van der Waals surface area contributed by atoms with E-state index in [2.05, 4.69) is 15.2 Å². The highest BCUT2D eigenvalue weighted by Crippen LogP contribution is 2.30. The molecule has 0 aliphatic rings. The first-order valence-electron chi connectivity index (χ1n) is 6.68. The molecule has 0 N–H and O–H groups in total. The van der Waals surface area contributed by atoms with E-state index < -0.39 is 0 Å². The monoisotopic (exact) mass is 333 g/mol. The van der Waals surface area contributed by atoms with Crippen LogP contribution in [0, 0.1) is 13.8 Å². The Morgan fingerprint density at radius 1 is 1.32 bits per heavy atom. The van der Waals surface area contributed by atoms with Crippen molar-refractivity contribution >= 4 is 23.1 Å². The number of thiophene rings is 1. The van der Waals surface area contributed by atoms with Gasteiger partial charge in [-0.15, -0.1) is 21.5 Å². The Kier molecular flexibility index (Phi) is 4.44. The molecule has 3 rings (SSSR count). The normalized spacial score (nSPS) is 10.9. The highest BCUT2D eigenvalue weighted by molar-refractivity contribution is 7.98. The van der Waals surface area contributed by atoms with Crippen LogP contribution in [0.3, 0.4) is 0 Å². The van der Waals surface area contributed by atoms with Crippen molar-refractivity contribution in [3.63, 3.8) is 0 Å². The lowest BCUT2D eigenvalue weighted by Crippen LogP contribution is -1.98. The number of hydrogen-bond acceptors (Lipinski definition) is 7. The Bertz CT molecular complexity index is 769. The standard InChI is InChI=1S/C15H15N3O2S2/c1-9-7-16-11(10(2)13(9)19-3)8-22-15-18-17-14(20-15)12-5-4-6-21-12/h4-7H,8H2,1-3H3. The van der Waals surface area contributed by atoms with Crippen LogP contribution in [0.5, 0.6) is 5.75 Å². The van der Waals surface area contributed by atoms with E-state index in [1.54, 1.807) is 18.4 Å². The average Bonchev–Trinajstić information content (AvgIpc) is 3.18. The highest BCUT2D eigenvalue weighted by atomic mass is 32.2. The number of aryl methyl sites for hydroxylation is 1. The first-order chi connectivity index (χ1) is 10.7. The van der Waals surface area contributed by atoms with Gasteiger partial charge in [-0.2, -0.15) is 0 Å². The van der Waals surface area contributed by atoms with Gasteiger partial charge in [-0.25, -0.2) is 0 Å². The van der Waals surface area contributed by atoms with Gasteiger partial charge < -0.3 is 9.15 Å². The summed E-state index contributed by atoms with van der Waals surface area (Å²) in [5, 5.41) is 10.7. The molecule has 0 saturated heterocycles. The quantitative estimate of drug-likeness (QED) is 0.655. The maximum Gasteiger partial charge on any atom is 0.277 e. The van der Waals surface area contributed by atoms with Crippen molar-refractivity contribution in [3.05, 3.63) is 40.5 Å². The van der Waals surface area contributed by atoms with Crippen LogP contribution in [0.1, 0.15) is 16.8 Å². The lowest BCUT2D eigenvalue weighted by Gasteiger charge is -2.11. The fourth-order valence-electron chi connectivity index (χ4n) is 2.11. The maximum atomic E-state index is 5.66. The van der Waals surface area contributed by atoms with E-state index in [9.17, 15) is 0 Å². The third-order valence-corrected chi connectivity index (χ3v) is 4.91. The van der Waals surface area contributed by atoms with Gasteiger partial charge >= 0.3 is 0 Å². The molecule has 3 aromatic rings. The second-order valence-electron chi connectivity index (χ2n) is 4.69. The van der Waals surface area contributed by atoms with E-state index in [4.69, 9.17) is 9.15 Å². The van der Waals surface area contributed by atoms with Crippen LogP contribution in [-0.2, 0) is 5.75 Å². The van der Waals surface area contributed by atoms with Crippen molar-refractivity contribution in [2.45, 2.75) is 24.8 Å². The van der Waals surface area contributed by atoms with E-state index >= 15 is 0 Å². The smallest absolute Gasteiger partial charge is 0.277 e. The lowest BCUT2D eigenvalue weighted by molar-refractivity contribution is 0.407. The summed E-state index contributed by atoms with van der Waals surface area (Å²) in [6, 6.07) is 3.92. The minimum atomic E-state index is 0.546. The highest BCUT2D eigenvalue weighted by Gasteiger charge is 2.13. The number of aromatic nitrogens is 3. The zero-order chi connectivity index (χ0) is 15.5. The number of pyridine rings is 1. The molecule has 0 saturated carbocycles. The lowest BCUT2D eigenvalue weighted by atomic mass is 10.1. The number of ether oxygens (including phenoxy) is 1. The number of methoxy groups -OCH3 is 1. The van der Waals surface area contributed by atoms with Crippen molar-refractivity contribution in [1.82, 2.24) is 15.2 Å². The molecule has 0 unspecified atom stereocenters. The largest absolute Gasteiger partial charge is 0.496 e. The number of thioether (sulfide) groups is 1.